The van der Waals surface area contributed by atoms with Crippen molar-refractivity contribution < 1.29 is 0 Å². The summed E-state index contributed by atoms with van der Waals surface area (Å²) in [5.74, 6) is 3.26. The van der Waals surface area contributed by atoms with Crippen LogP contribution >= 0.6 is 0 Å². The predicted octanol–water partition coefficient (Wildman–Crippen LogP) is 4.53. The van der Waals surface area contributed by atoms with Crippen molar-refractivity contribution in [3.63, 3.8) is 0 Å². The number of nitrogens with two attached hydrogens (primary N) is 1. The van der Waals surface area contributed by atoms with Crippen molar-refractivity contribution in [2.24, 2.45) is 29.4 Å². The molecule has 0 heterocycles. The van der Waals surface area contributed by atoms with E-state index in [1.54, 1.807) is 0 Å². The Bertz CT molecular complexity index is 250. The predicted molar refractivity (Wildman–Crippen MR) is 94.4 cm³/mol. The number of hydrogen-bond acceptors (Lipinski definition) is 2. The highest BCUT2D eigenvalue weighted by atomic mass is 15.2. The molecule has 3 unspecified atom stereocenters. The quantitative estimate of drug-likeness (QED) is 0.677. The zero-order chi connectivity index (χ0) is 15.8. The summed E-state index contributed by atoms with van der Waals surface area (Å²) in [5.41, 5.74) is 6.10. The first-order valence-electron chi connectivity index (χ1n) is 9.41. The Balaban J connectivity index is 2.70. The molecule has 0 aliphatic heterocycles. The van der Waals surface area contributed by atoms with Gasteiger partial charge in [-0.25, -0.2) is 0 Å². The highest BCUT2D eigenvalue weighted by molar-refractivity contribution is 4.87. The lowest BCUT2D eigenvalue weighted by Gasteiger charge is -2.43. The number of rotatable bonds is 9. The van der Waals surface area contributed by atoms with Crippen LogP contribution in [0.1, 0.15) is 73.1 Å². The molecule has 1 saturated carbocycles. The van der Waals surface area contributed by atoms with Gasteiger partial charge < -0.3 is 10.6 Å². The Morgan fingerprint density at radius 3 is 2.00 bits per heavy atom. The van der Waals surface area contributed by atoms with Crippen molar-refractivity contribution in [1.82, 2.24) is 4.90 Å². The molecule has 2 heteroatoms. The molecule has 1 aliphatic rings. The molecule has 0 aromatic heterocycles. The van der Waals surface area contributed by atoms with Gasteiger partial charge >= 0.3 is 0 Å². The minimum absolute atomic E-state index is 0.729. The van der Waals surface area contributed by atoms with E-state index in [1.165, 1.54) is 51.6 Å². The Hall–Kier alpha value is -0.0800. The maximum Gasteiger partial charge on any atom is 0.0138 e. The average molecular weight is 297 g/mol. The summed E-state index contributed by atoms with van der Waals surface area (Å²) in [6, 6.07) is 0.742. The third-order valence-corrected chi connectivity index (χ3v) is 5.40. The summed E-state index contributed by atoms with van der Waals surface area (Å²) in [4.78, 5) is 2.80. The van der Waals surface area contributed by atoms with Crippen molar-refractivity contribution in [1.29, 1.82) is 0 Å². The molecule has 2 N–H and O–H groups in total. The smallest absolute Gasteiger partial charge is 0.0138 e. The van der Waals surface area contributed by atoms with Crippen molar-refractivity contribution in [3.05, 3.63) is 0 Å². The molecule has 1 aliphatic carbocycles. The summed E-state index contributed by atoms with van der Waals surface area (Å²) < 4.78 is 0. The van der Waals surface area contributed by atoms with Gasteiger partial charge in [0.05, 0.1) is 0 Å². The first-order chi connectivity index (χ1) is 9.97. The molecular weight excluding hydrogens is 256 g/mol. The van der Waals surface area contributed by atoms with E-state index in [9.17, 15) is 0 Å². The molecule has 0 aromatic carbocycles. The van der Waals surface area contributed by atoms with Crippen LogP contribution in [0, 0.1) is 23.7 Å². The molecule has 1 rings (SSSR count). The zero-order valence-electron chi connectivity index (χ0n) is 15.3. The van der Waals surface area contributed by atoms with E-state index in [4.69, 9.17) is 5.73 Å². The second-order valence-corrected chi connectivity index (χ2v) is 8.05. The minimum atomic E-state index is 0.729. The van der Waals surface area contributed by atoms with Gasteiger partial charge in [0.2, 0.25) is 0 Å². The van der Waals surface area contributed by atoms with Gasteiger partial charge in [-0.1, -0.05) is 47.5 Å². The SMILES string of the molecule is CCC1CCC(CN)C(N(CCC(C)C)CCC(C)C)C1. The standard InChI is InChI=1S/C19H40N2/c1-6-17-7-8-18(14-20)19(13-17)21(11-9-15(2)3)12-10-16(4)5/h15-19H,6-14,20H2,1-5H3. The van der Waals surface area contributed by atoms with E-state index in [0.29, 0.717) is 0 Å². The maximum absolute atomic E-state index is 6.10. The fraction of sp³-hybridized carbons (Fsp3) is 1.00. The van der Waals surface area contributed by atoms with Gasteiger partial charge in [0.15, 0.2) is 0 Å². The lowest BCUT2D eigenvalue weighted by molar-refractivity contribution is 0.0726. The van der Waals surface area contributed by atoms with Crippen LogP contribution < -0.4 is 5.73 Å². The zero-order valence-corrected chi connectivity index (χ0v) is 15.3. The molecule has 2 nitrogen and oxygen atoms in total. The first kappa shape index (κ1) is 19.0. The van der Waals surface area contributed by atoms with Crippen LogP contribution in [-0.4, -0.2) is 30.6 Å². The largest absolute Gasteiger partial charge is 0.330 e. The van der Waals surface area contributed by atoms with Gasteiger partial charge in [0.1, 0.15) is 0 Å². The van der Waals surface area contributed by atoms with Crippen LogP contribution in [-0.2, 0) is 0 Å². The van der Waals surface area contributed by atoms with Gasteiger partial charge in [-0.3, -0.25) is 0 Å². The van der Waals surface area contributed by atoms with Gasteiger partial charge in [-0.15, -0.1) is 0 Å². The minimum Gasteiger partial charge on any atom is -0.330 e. The summed E-state index contributed by atoms with van der Waals surface area (Å²) in [5, 5.41) is 0. The van der Waals surface area contributed by atoms with E-state index >= 15 is 0 Å². The Labute approximate surface area is 133 Å². The third kappa shape index (κ3) is 6.69. The lowest BCUT2D eigenvalue weighted by Crippen LogP contribution is -2.48. The Morgan fingerprint density at radius 2 is 1.57 bits per heavy atom. The van der Waals surface area contributed by atoms with Crippen molar-refractivity contribution >= 4 is 0 Å². The van der Waals surface area contributed by atoms with Crippen LogP contribution in [0.2, 0.25) is 0 Å². The molecule has 21 heavy (non-hydrogen) atoms. The summed E-state index contributed by atoms with van der Waals surface area (Å²) >= 11 is 0. The van der Waals surface area contributed by atoms with E-state index in [1.807, 2.05) is 0 Å². The molecule has 0 bridgehead atoms. The highest BCUT2D eigenvalue weighted by Gasteiger charge is 2.32. The molecular formula is C19H40N2. The normalized spacial score (nSPS) is 27.0. The van der Waals surface area contributed by atoms with E-state index < -0.39 is 0 Å². The fourth-order valence-electron chi connectivity index (χ4n) is 3.68. The third-order valence-electron chi connectivity index (χ3n) is 5.40. The Morgan fingerprint density at radius 1 is 1.00 bits per heavy atom. The molecule has 126 valence electrons. The number of hydrogen-bond donors (Lipinski definition) is 1. The average Bonchev–Trinajstić information content (AvgIpc) is 2.46. The van der Waals surface area contributed by atoms with Gasteiger partial charge in [0, 0.05) is 6.04 Å². The molecule has 0 spiro atoms. The van der Waals surface area contributed by atoms with Crippen LogP contribution in [0.3, 0.4) is 0 Å². The maximum atomic E-state index is 6.10. The topological polar surface area (TPSA) is 29.3 Å². The monoisotopic (exact) mass is 296 g/mol. The van der Waals surface area contributed by atoms with Crippen LogP contribution in [0.5, 0.6) is 0 Å². The van der Waals surface area contributed by atoms with E-state index in [0.717, 1.165) is 36.3 Å². The van der Waals surface area contributed by atoms with E-state index in [2.05, 4.69) is 39.5 Å². The van der Waals surface area contributed by atoms with Crippen molar-refractivity contribution in [2.45, 2.75) is 79.2 Å². The van der Waals surface area contributed by atoms with Crippen LogP contribution in [0.4, 0.5) is 0 Å². The van der Waals surface area contributed by atoms with Crippen LogP contribution in [0.15, 0.2) is 0 Å². The lowest BCUT2D eigenvalue weighted by atomic mass is 9.76. The van der Waals surface area contributed by atoms with Crippen molar-refractivity contribution in [3.8, 4) is 0 Å². The molecule has 0 radical (unpaired) electrons. The second kappa shape index (κ2) is 9.84. The highest BCUT2D eigenvalue weighted by Crippen LogP contribution is 2.34. The molecule has 3 atom stereocenters. The van der Waals surface area contributed by atoms with Crippen molar-refractivity contribution in [2.75, 3.05) is 19.6 Å². The second-order valence-electron chi connectivity index (χ2n) is 8.05. The Kier molecular flexibility index (Phi) is 8.89. The summed E-state index contributed by atoms with van der Waals surface area (Å²) in [7, 11) is 0. The van der Waals surface area contributed by atoms with E-state index in [-0.39, 0.29) is 0 Å². The van der Waals surface area contributed by atoms with Gasteiger partial charge in [0.25, 0.3) is 0 Å². The summed E-state index contributed by atoms with van der Waals surface area (Å²) in [6.45, 7) is 15.1. The van der Waals surface area contributed by atoms with Gasteiger partial charge in [-0.05, 0) is 69.0 Å². The number of nitrogens with zero attached hydrogens (tertiary/aromatic N) is 1. The van der Waals surface area contributed by atoms with Gasteiger partial charge in [-0.2, -0.15) is 0 Å². The summed E-state index contributed by atoms with van der Waals surface area (Å²) in [6.07, 6.45) is 8.12. The first-order valence-corrected chi connectivity index (χ1v) is 9.41. The van der Waals surface area contributed by atoms with Crippen LogP contribution in [0.25, 0.3) is 0 Å². The molecule has 0 saturated heterocycles. The molecule has 0 amide bonds. The molecule has 0 aromatic rings. The fourth-order valence-corrected chi connectivity index (χ4v) is 3.68. The molecule has 1 fully saturated rings.